The van der Waals surface area contributed by atoms with Gasteiger partial charge < -0.3 is 21.1 Å². The Labute approximate surface area is 147 Å². The van der Waals surface area contributed by atoms with Gasteiger partial charge >= 0.3 is 0 Å². The van der Waals surface area contributed by atoms with Crippen LogP contribution in [0.2, 0.25) is 0 Å². The number of ether oxygens (including phenoxy) is 1. The zero-order chi connectivity index (χ0) is 16.9. The molecule has 0 aliphatic carbocycles. The molecule has 0 bridgehead atoms. The van der Waals surface area contributed by atoms with Gasteiger partial charge in [-0.15, -0.1) is 0 Å². The van der Waals surface area contributed by atoms with Gasteiger partial charge in [0.2, 0.25) is 0 Å². The Bertz CT molecular complexity index is 840. The fourth-order valence-electron chi connectivity index (χ4n) is 2.04. The number of pyridine rings is 1. The standard InChI is InChI=1S/C16H15BrN6O/c1-24-12-5-3-2-4-11(12)22-15-14(18)16(21-9-20-15)23-13-7-6-10(17)8-19-13/h2-9H,18H2,1H3,(H2,19,20,21,22,23). The predicted molar refractivity (Wildman–Crippen MR) is 97.9 cm³/mol. The second-order valence-corrected chi connectivity index (χ2v) is 5.71. The van der Waals surface area contributed by atoms with Crippen LogP contribution in [0.25, 0.3) is 0 Å². The summed E-state index contributed by atoms with van der Waals surface area (Å²) in [5.41, 5.74) is 7.32. The molecule has 0 saturated carbocycles. The highest BCUT2D eigenvalue weighted by molar-refractivity contribution is 9.10. The molecule has 3 aromatic rings. The summed E-state index contributed by atoms with van der Waals surface area (Å²) in [5.74, 6) is 2.28. The van der Waals surface area contributed by atoms with Gasteiger partial charge in [-0.25, -0.2) is 15.0 Å². The summed E-state index contributed by atoms with van der Waals surface area (Å²) in [6, 6.07) is 11.2. The molecule has 0 aliphatic rings. The molecule has 0 aliphatic heterocycles. The third-order valence-corrected chi connectivity index (χ3v) is 3.69. The van der Waals surface area contributed by atoms with E-state index >= 15 is 0 Å². The quantitative estimate of drug-likeness (QED) is 0.614. The third-order valence-electron chi connectivity index (χ3n) is 3.22. The molecule has 0 fully saturated rings. The van der Waals surface area contributed by atoms with E-state index in [9.17, 15) is 0 Å². The molecule has 4 N–H and O–H groups in total. The van der Waals surface area contributed by atoms with Crippen molar-refractivity contribution in [3.05, 3.63) is 53.4 Å². The molecule has 2 heterocycles. The zero-order valence-corrected chi connectivity index (χ0v) is 14.4. The van der Waals surface area contributed by atoms with E-state index in [-0.39, 0.29) is 0 Å². The summed E-state index contributed by atoms with van der Waals surface area (Å²) in [7, 11) is 1.61. The molecule has 0 spiro atoms. The van der Waals surface area contributed by atoms with E-state index in [0.29, 0.717) is 28.9 Å². The Morgan fingerprint density at radius 1 is 1.00 bits per heavy atom. The topological polar surface area (TPSA) is 98.0 Å². The number of nitrogens with one attached hydrogen (secondary N) is 2. The maximum Gasteiger partial charge on any atom is 0.160 e. The highest BCUT2D eigenvalue weighted by atomic mass is 79.9. The van der Waals surface area contributed by atoms with Crippen molar-refractivity contribution in [3.8, 4) is 5.75 Å². The zero-order valence-electron chi connectivity index (χ0n) is 12.8. The van der Waals surface area contributed by atoms with Crippen molar-refractivity contribution in [1.82, 2.24) is 15.0 Å². The molecule has 8 heteroatoms. The van der Waals surface area contributed by atoms with Crippen LogP contribution >= 0.6 is 15.9 Å². The van der Waals surface area contributed by atoms with E-state index in [1.165, 1.54) is 6.33 Å². The van der Waals surface area contributed by atoms with Crippen LogP contribution in [0.3, 0.4) is 0 Å². The third kappa shape index (κ3) is 3.54. The van der Waals surface area contributed by atoms with Gasteiger partial charge in [0.25, 0.3) is 0 Å². The van der Waals surface area contributed by atoms with E-state index < -0.39 is 0 Å². The van der Waals surface area contributed by atoms with Crippen LogP contribution in [0, 0.1) is 0 Å². The minimum absolute atomic E-state index is 0.383. The van der Waals surface area contributed by atoms with Gasteiger partial charge in [-0.05, 0) is 40.2 Å². The number of anilines is 5. The maximum absolute atomic E-state index is 6.17. The number of benzene rings is 1. The lowest BCUT2D eigenvalue weighted by Crippen LogP contribution is -2.06. The molecule has 0 amide bonds. The predicted octanol–water partition coefficient (Wildman–Crippen LogP) is 3.71. The fraction of sp³-hybridized carbons (Fsp3) is 0.0625. The highest BCUT2D eigenvalue weighted by Gasteiger charge is 2.11. The average Bonchev–Trinajstić information content (AvgIpc) is 2.61. The largest absolute Gasteiger partial charge is 0.495 e. The number of nitrogens with two attached hydrogens (primary N) is 1. The van der Waals surface area contributed by atoms with Crippen LogP contribution in [0.5, 0.6) is 5.75 Å². The molecule has 122 valence electrons. The van der Waals surface area contributed by atoms with Gasteiger partial charge in [0.05, 0.1) is 12.8 Å². The molecule has 1 aromatic carbocycles. The highest BCUT2D eigenvalue weighted by Crippen LogP contribution is 2.31. The first-order valence-electron chi connectivity index (χ1n) is 7.06. The number of nitrogens with zero attached hydrogens (tertiary/aromatic N) is 3. The van der Waals surface area contributed by atoms with Crippen LogP contribution in [-0.4, -0.2) is 22.1 Å². The van der Waals surface area contributed by atoms with Crippen molar-refractivity contribution in [2.45, 2.75) is 0 Å². The van der Waals surface area contributed by atoms with Crippen LogP contribution in [0.1, 0.15) is 0 Å². The monoisotopic (exact) mass is 386 g/mol. The molecule has 24 heavy (non-hydrogen) atoms. The van der Waals surface area contributed by atoms with E-state index in [2.05, 4.69) is 41.5 Å². The van der Waals surface area contributed by atoms with E-state index in [1.54, 1.807) is 13.3 Å². The van der Waals surface area contributed by atoms with Gasteiger partial charge in [0.1, 0.15) is 23.6 Å². The fourth-order valence-corrected chi connectivity index (χ4v) is 2.28. The lowest BCUT2D eigenvalue weighted by Gasteiger charge is -2.14. The molecule has 0 saturated heterocycles. The Kier molecular flexibility index (Phi) is 4.76. The van der Waals surface area contributed by atoms with Crippen LogP contribution in [0.15, 0.2) is 53.4 Å². The van der Waals surface area contributed by atoms with Gasteiger partial charge in [-0.2, -0.15) is 0 Å². The summed E-state index contributed by atoms with van der Waals surface area (Å²) in [5, 5.41) is 6.23. The van der Waals surface area contributed by atoms with Crippen molar-refractivity contribution < 1.29 is 4.74 Å². The summed E-state index contributed by atoms with van der Waals surface area (Å²) >= 11 is 3.35. The lowest BCUT2D eigenvalue weighted by molar-refractivity contribution is 0.417. The van der Waals surface area contributed by atoms with Gasteiger partial charge in [0.15, 0.2) is 11.6 Å². The maximum atomic E-state index is 6.17. The van der Waals surface area contributed by atoms with Gasteiger partial charge in [0, 0.05) is 10.7 Å². The number of para-hydroxylation sites is 2. The number of rotatable bonds is 5. The molecule has 7 nitrogen and oxygen atoms in total. The van der Waals surface area contributed by atoms with Crippen LogP contribution < -0.4 is 21.1 Å². The minimum Gasteiger partial charge on any atom is -0.495 e. The molecular formula is C16H15BrN6O. The number of aromatic nitrogens is 3. The average molecular weight is 387 g/mol. The van der Waals surface area contributed by atoms with E-state index in [1.807, 2.05) is 36.4 Å². The molecule has 3 rings (SSSR count). The van der Waals surface area contributed by atoms with Crippen molar-refractivity contribution >= 4 is 44.8 Å². The Hall–Kier alpha value is -2.87. The molecular weight excluding hydrogens is 372 g/mol. The molecule has 0 unspecified atom stereocenters. The molecule has 0 atom stereocenters. The van der Waals surface area contributed by atoms with E-state index in [4.69, 9.17) is 10.5 Å². The first-order chi connectivity index (χ1) is 11.7. The number of methoxy groups -OCH3 is 1. The number of halogens is 1. The smallest absolute Gasteiger partial charge is 0.160 e. The number of hydrogen-bond donors (Lipinski definition) is 3. The summed E-state index contributed by atoms with van der Waals surface area (Å²) in [6.07, 6.45) is 3.11. The van der Waals surface area contributed by atoms with Crippen molar-refractivity contribution in [3.63, 3.8) is 0 Å². The van der Waals surface area contributed by atoms with Crippen LogP contribution in [-0.2, 0) is 0 Å². The number of hydrogen-bond acceptors (Lipinski definition) is 7. The Morgan fingerprint density at radius 2 is 1.75 bits per heavy atom. The van der Waals surface area contributed by atoms with Gasteiger partial charge in [-0.3, -0.25) is 0 Å². The second kappa shape index (κ2) is 7.14. The molecule has 2 aromatic heterocycles. The molecule has 0 radical (unpaired) electrons. The van der Waals surface area contributed by atoms with Crippen molar-refractivity contribution in [2.24, 2.45) is 0 Å². The first-order valence-corrected chi connectivity index (χ1v) is 7.86. The normalized spacial score (nSPS) is 10.2. The minimum atomic E-state index is 0.383. The van der Waals surface area contributed by atoms with Crippen molar-refractivity contribution in [2.75, 3.05) is 23.5 Å². The van der Waals surface area contributed by atoms with Crippen LogP contribution in [0.4, 0.5) is 28.8 Å². The summed E-state index contributed by atoms with van der Waals surface area (Å²) in [4.78, 5) is 12.6. The Morgan fingerprint density at radius 3 is 2.46 bits per heavy atom. The summed E-state index contributed by atoms with van der Waals surface area (Å²) in [6.45, 7) is 0. The lowest BCUT2D eigenvalue weighted by atomic mass is 10.3. The SMILES string of the molecule is COc1ccccc1Nc1ncnc(Nc2ccc(Br)cn2)c1N. The first kappa shape index (κ1) is 16.0. The van der Waals surface area contributed by atoms with Crippen molar-refractivity contribution in [1.29, 1.82) is 0 Å². The Balaban J connectivity index is 1.86. The van der Waals surface area contributed by atoms with Gasteiger partial charge in [-0.1, -0.05) is 12.1 Å². The van der Waals surface area contributed by atoms with E-state index in [0.717, 1.165) is 10.2 Å². The summed E-state index contributed by atoms with van der Waals surface area (Å²) < 4.78 is 6.21. The number of nitrogen functional groups attached to an aromatic ring is 1. The second-order valence-electron chi connectivity index (χ2n) is 4.80.